The van der Waals surface area contributed by atoms with Crippen LogP contribution in [-0.4, -0.2) is 22.0 Å². The van der Waals surface area contributed by atoms with Crippen LogP contribution in [0.3, 0.4) is 0 Å². The number of nitrogens with one attached hydrogen (secondary N) is 1. The second kappa shape index (κ2) is 3.43. The molecule has 78 valence electrons. The van der Waals surface area contributed by atoms with E-state index in [1.807, 2.05) is 0 Å². The van der Waals surface area contributed by atoms with Crippen LogP contribution in [0.2, 0.25) is 0 Å². The Hall–Kier alpha value is -0.760. The summed E-state index contributed by atoms with van der Waals surface area (Å²) in [5.74, 6) is 0. The number of aromatic nitrogens is 1. The van der Waals surface area contributed by atoms with Crippen LogP contribution in [0, 0.1) is 0 Å². The molecule has 2 heterocycles. The third kappa shape index (κ3) is 1.38. The lowest BCUT2D eigenvalue weighted by Gasteiger charge is -2.41. The molecule has 0 unspecified atom stereocenters. The van der Waals surface area contributed by atoms with Gasteiger partial charge in [-0.2, -0.15) is 0 Å². The number of rotatable bonds is 1. The summed E-state index contributed by atoms with van der Waals surface area (Å²) >= 11 is 0. The molecular formula is C12H20N2. The zero-order valence-electron chi connectivity index (χ0n) is 9.54. The van der Waals surface area contributed by atoms with Crippen molar-refractivity contribution in [1.82, 2.24) is 9.88 Å². The van der Waals surface area contributed by atoms with E-state index >= 15 is 0 Å². The van der Waals surface area contributed by atoms with Gasteiger partial charge in [0.15, 0.2) is 0 Å². The molecule has 1 aliphatic heterocycles. The fourth-order valence-corrected chi connectivity index (χ4v) is 2.88. The van der Waals surface area contributed by atoms with E-state index < -0.39 is 0 Å². The largest absolute Gasteiger partial charge is 0.365 e. The molecule has 2 atom stereocenters. The molecular weight excluding hydrogens is 172 g/mol. The molecule has 0 saturated heterocycles. The first-order chi connectivity index (χ1) is 6.61. The molecule has 2 nitrogen and oxygen atoms in total. The van der Waals surface area contributed by atoms with Crippen LogP contribution in [-0.2, 0) is 6.42 Å². The number of hydrogen-bond donors (Lipinski definition) is 1. The first-order valence-corrected chi connectivity index (χ1v) is 5.55. The summed E-state index contributed by atoms with van der Waals surface area (Å²) in [5, 5.41) is 0. The molecule has 1 aromatic heterocycles. The Morgan fingerprint density at radius 2 is 2.14 bits per heavy atom. The fraction of sp³-hybridized carbons (Fsp3) is 0.667. The summed E-state index contributed by atoms with van der Waals surface area (Å²) in [6, 6.07) is 4.06. The van der Waals surface area contributed by atoms with Gasteiger partial charge in [0.2, 0.25) is 0 Å². The number of H-pyrrole nitrogens is 1. The Labute approximate surface area is 86.3 Å². The number of nitrogens with zero attached hydrogens (tertiary/aromatic N) is 1. The minimum Gasteiger partial charge on any atom is -0.365 e. The lowest BCUT2D eigenvalue weighted by Crippen LogP contribution is -2.44. The van der Waals surface area contributed by atoms with Crippen LogP contribution in [0.25, 0.3) is 0 Å². The Kier molecular flexibility index (Phi) is 2.40. The first-order valence-electron chi connectivity index (χ1n) is 5.55. The monoisotopic (exact) mass is 192 g/mol. The molecule has 2 heteroatoms. The smallest absolute Gasteiger partial charge is 0.0343 e. The summed E-state index contributed by atoms with van der Waals surface area (Å²) in [6.07, 6.45) is 3.22. The number of hydrogen-bond acceptors (Lipinski definition) is 1. The van der Waals surface area contributed by atoms with Crippen molar-refractivity contribution in [1.29, 1.82) is 0 Å². The SMILES string of the molecule is CC(C)N1[C@H](C)c2cc[nH]c2C[C@@H]1C. The molecule has 0 fully saturated rings. The zero-order chi connectivity index (χ0) is 10.3. The minimum atomic E-state index is 0.556. The minimum absolute atomic E-state index is 0.556. The first kappa shape index (κ1) is 9.78. The second-order valence-electron chi connectivity index (χ2n) is 4.68. The molecule has 0 spiro atoms. The maximum atomic E-state index is 3.35. The standard InChI is InChI=1S/C12H20N2/c1-8(2)14-9(3)7-12-11(10(14)4)5-6-13-12/h5-6,8-10,13H,7H2,1-4H3/t9-,10+/m0/s1. The van der Waals surface area contributed by atoms with Gasteiger partial charge in [0.25, 0.3) is 0 Å². The van der Waals surface area contributed by atoms with Gasteiger partial charge in [-0.05, 0) is 39.3 Å². The molecule has 0 radical (unpaired) electrons. The van der Waals surface area contributed by atoms with Crippen molar-refractivity contribution in [2.24, 2.45) is 0 Å². The van der Waals surface area contributed by atoms with Gasteiger partial charge in [-0.25, -0.2) is 0 Å². The average molecular weight is 192 g/mol. The summed E-state index contributed by atoms with van der Waals surface area (Å²) in [7, 11) is 0. The van der Waals surface area contributed by atoms with Gasteiger partial charge < -0.3 is 4.98 Å². The van der Waals surface area contributed by atoms with Crippen LogP contribution < -0.4 is 0 Å². The predicted molar refractivity (Wildman–Crippen MR) is 59.3 cm³/mol. The summed E-state index contributed by atoms with van der Waals surface area (Å²) in [5.41, 5.74) is 2.92. The van der Waals surface area contributed by atoms with E-state index in [0.29, 0.717) is 18.1 Å². The van der Waals surface area contributed by atoms with Crippen LogP contribution in [0.4, 0.5) is 0 Å². The zero-order valence-corrected chi connectivity index (χ0v) is 9.54. The molecule has 1 aliphatic rings. The summed E-state index contributed by atoms with van der Waals surface area (Å²) in [6.45, 7) is 9.19. The van der Waals surface area contributed by atoms with E-state index in [2.05, 4.69) is 49.8 Å². The molecule has 14 heavy (non-hydrogen) atoms. The lowest BCUT2D eigenvalue weighted by atomic mass is 9.94. The van der Waals surface area contributed by atoms with Crippen LogP contribution in [0.5, 0.6) is 0 Å². The predicted octanol–water partition coefficient (Wildman–Crippen LogP) is 2.73. The topological polar surface area (TPSA) is 19.0 Å². The van der Waals surface area contributed by atoms with Gasteiger partial charge in [0.1, 0.15) is 0 Å². The van der Waals surface area contributed by atoms with Crippen LogP contribution >= 0.6 is 0 Å². The Morgan fingerprint density at radius 1 is 1.43 bits per heavy atom. The van der Waals surface area contributed by atoms with Crippen LogP contribution in [0.15, 0.2) is 12.3 Å². The highest BCUT2D eigenvalue weighted by molar-refractivity contribution is 5.28. The number of fused-ring (bicyclic) bond motifs is 1. The lowest BCUT2D eigenvalue weighted by molar-refractivity contribution is 0.0992. The Balaban J connectivity index is 2.34. The highest BCUT2D eigenvalue weighted by Crippen LogP contribution is 2.33. The number of aromatic amines is 1. The van der Waals surface area contributed by atoms with E-state index in [4.69, 9.17) is 0 Å². The summed E-state index contributed by atoms with van der Waals surface area (Å²) in [4.78, 5) is 5.94. The van der Waals surface area contributed by atoms with Gasteiger partial charge in [0.05, 0.1) is 0 Å². The van der Waals surface area contributed by atoms with Gasteiger partial charge in [0, 0.05) is 36.4 Å². The maximum Gasteiger partial charge on any atom is 0.0343 e. The van der Waals surface area contributed by atoms with Gasteiger partial charge in [-0.15, -0.1) is 0 Å². The normalized spacial score (nSPS) is 28.1. The van der Waals surface area contributed by atoms with E-state index in [9.17, 15) is 0 Å². The van der Waals surface area contributed by atoms with Gasteiger partial charge in [-0.3, -0.25) is 4.90 Å². The molecule has 2 rings (SSSR count). The van der Waals surface area contributed by atoms with Gasteiger partial charge in [-0.1, -0.05) is 0 Å². The van der Waals surface area contributed by atoms with E-state index in [1.54, 1.807) is 0 Å². The third-order valence-electron chi connectivity index (χ3n) is 3.37. The molecule has 1 N–H and O–H groups in total. The molecule has 0 bridgehead atoms. The van der Waals surface area contributed by atoms with Crippen molar-refractivity contribution in [2.75, 3.05) is 0 Å². The molecule has 0 aromatic carbocycles. The van der Waals surface area contributed by atoms with E-state index in [1.165, 1.54) is 11.3 Å². The second-order valence-corrected chi connectivity index (χ2v) is 4.68. The fourth-order valence-electron chi connectivity index (χ4n) is 2.88. The quantitative estimate of drug-likeness (QED) is 0.725. The van der Waals surface area contributed by atoms with Crippen LogP contribution in [0.1, 0.15) is 45.0 Å². The van der Waals surface area contributed by atoms with Crippen molar-refractivity contribution >= 4 is 0 Å². The third-order valence-corrected chi connectivity index (χ3v) is 3.37. The Bertz CT molecular complexity index is 314. The Morgan fingerprint density at radius 3 is 2.79 bits per heavy atom. The molecule has 0 saturated carbocycles. The van der Waals surface area contributed by atoms with Crippen molar-refractivity contribution in [2.45, 2.75) is 52.2 Å². The van der Waals surface area contributed by atoms with Crippen molar-refractivity contribution < 1.29 is 0 Å². The van der Waals surface area contributed by atoms with Crippen molar-refractivity contribution in [3.8, 4) is 0 Å². The van der Waals surface area contributed by atoms with E-state index in [0.717, 1.165) is 6.42 Å². The maximum absolute atomic E-state index is 3.35. The highest BCUT2D eigenvalue weighted by Gasteiger charge is 2.31. The van der Waals surface area contributed by atoms with Crippen molar-refractivity contribution in [3.63, 3.8) is 0 Å². The molecule has 0 amide bonds. The molecule has 0 aliphatic carbocycles. The average Bonchev–Trinajstić information content (AvgIpc) is 2.50. The van der Waals surface area contributed by atoms with E-state index in [-0.39, 0.29) is 0 Å². The summed E-state index contributed by atoms with van der Waals surface area (Å²) < 4.78 is 0. The molecule has 1 aromatic rings. The van der Waals surface area contributed by atoms with Crippen molar-refractivity contribution in [3.05, 3.63) is 23.5 Å². The van der Waals surface area contributed by atoms with Gasteiger partial charge >= 0.3 is 0 Å². The highest BCUT2D eigenvalue weighted by atomic mass is 15.2.